The fourth-order valence-corrected chi connectivity index (χ4v) is 14.8. The smallest absolute Gasteiger partial charge is 0.416 e. The number of fused-ring (bicyclic) bond motifs is 3. The van der Waals surface area contributed by atoms with Crippen LogP contribution < -0.4 is 14.2 Å². The molecule has 6 aromatic heterocycles. The van der Waals surface area contributed by atoms with Crippen LogP contribution in [-0.4, -0.2) is 100 Å². The van der Waals surface area contributed by atoms with Gasteiger partial charge in [0.15, 0.2) is 11.4 Å². The monoisotopic (exact) mass is 1880 g/mol. The molecule has 0 aliphatic heterocycles. The number of rotatable bonds is 29. The first-order valence-corrected chi connectivity index (χ1v) is 38.7. The zero-order valence-corrected chi connectivity index (χ0v) is 69.8. The van der Waals surface area contributed by atoms with E-state index in [4.69, 9.17) is 51.8 Å². The molecule has 20 nitrogen and oxygen atoms in total. The molecule has 3 aromatic carbocycles. The number of hydrogen-bond donors (Lipinski definition) is 1. The van der Waals surface area contributed by atoms with Gasteiger partial charge in [-0.05, 0) is 211 Å². The van der Waals surface area contributed by atoms with Crippen molar-refractivity contribution >= 4 is 45.2 Å². The van der Waals surface area contributed by atoms with Gasteiger partial charge in [0.2, 0.25) is 17.6 Å². The van der Waals surface area contributed by atoms with Crippen molar-refractivity contribution in [3.8, 4) is 17.6 Å². The molecule has 3 aliphatic carbocycles. The molecule has 0 spiro atoms. The van der Waals surface area contributed by atoms with Crippen molar-refractivity contribution in [3.05, 3.63) is 245 Å². The Morgan fingerprint density at radius 2 is 0.763 bits per heavy atom. The molecule has 0 radical (unpaired) electrons. The summed E-state index contributed by atoms with van der Waals surface area (Å²) in [5.74, 6) is -2.69. The number of alkyl halides is 9. The molecule has 3 aliphatic rings. The van der Waals surface area contributed by atoms with E-state index in [1.165, 1.54) is 70.6 Å². The molecule has 118 heavy (non-hydrogen) atoms. The van der Waals surface area contributed by atoms with Gasteiger partial charge in [0, 0.05) is 129 Å². The van der Waals surface area contributed by atoms with Crippen LogP contribution in [0, 0.1) is 20.6 Å². The quantitative estimate of drug-likeness (QED) is 0.0262. The summed E-state index contributed by atoms with van der Waals surface area (Å²) in [6.45, 7) is 19.3. The van der Waals surface area contributed by atoms with Crippen molar-refractivity contribution in [2.75, 3.05) is 33.0 Å². The number of benzene rings is 3. The average molecular weight is 1880 g/mol. The number of hydrogen-bond acceptors (Lipinski definition) is 14. The number of esters is 2. The van der Waals surface area contributed by atoms with E-state index in [0.717, 1.165) is 111 Å². The summed E-state index contributed by atoms with van der Waals surface area (Å²) in [6.07, 6.45) is 1.33. The molecule has 634 valence electrons. The number of carbonyl (C=O) groups is 3. The minimum Gasteiger partial charge on any atom is -0.481 e. The second-order valence-electron chi connectivity index (χ2n) is 28.4. The van der Waals surface area contributed by atoms with Gasteiger partial charge < -0.3 is 36.2 Å². The van der Waals surface area contributed by atoms with Gasteiger partial charge >= 0.3 is 36.4 Å². The van der Waals surface area contributed by atoms with Crippen molar-refractivity contribution in [2.45, 2.75) is 200 Å². The number of halogens is 10. The van der Waals surface area contributed by atoms with Crippen LogP contribution in [0.2, 0.25) is 0 Å². The SMILES string of the molecule is C.C.CCOC(=O)CC(Cc1cc(OCCc2ccc3c(n2)CCCC3)n(C)n1)c1cc(Br)cc(C(F)(F)F)c1.[C-]#[N+]c1cc(C(CC(=O)O)Cc2cc(OCCc3ccc4c(n3)CCCC4)n(C)n2)cc(C(F)(F)F)c1.[C-]#[N+]c1cc(C(CC(=O)OCC)Cc2cc(OCCc3ccc4c(n3)CCCC4)n(C)n2)cc(C(F)(F)F)c1.[CH3-].[W]. The molecule has 0 bridgehead atoms. The van der Waals surface area contributed by atoms with Gasteiger partial charge in [0.1, 0.15) is 0 Å². The van der Waals surface area contributed by atoms with Crippen LogP contribution in [0.25, 0.3) is 9.69 Å². The number of aliphatic carboxylic acids is 1. The van der Waals surface area contributed by atoms with Crippen LogP contribution in [0.5, 0.6) is 17.6 Å². The van der Waals surface area contributed by atoms with Crippen molar-refractivity contribution in [1.29, 1.82) is 0 Å². The Bertz CT molecular complexity index is 4940. The summed E-state index contributed by atoms with van der Waals surface area (Å²) in [5, 5.41) is 22.7. The van der Waals surface area contributed by atoms with E-state index in [0.29, 0.717) is 79.4 Å². The summed E-state index contributed by atoms with van der Waals surface area (Å²) >= 11 is 3.18. The summed E-state index contributed by atoms with van der Waals surface area (Å²) in [4.78, 5) is 56.8. The maximum absolute atomic E-state index is 13.5. The molecule has 0 saturated carbocycles. The third kappa shape index (κ3) is 28.1. The first-order chi connectivity index (χ1) is 54.4. The number of carboxylic acid groups (broad SMARTS) is 1. The van der Waals surface area contributed by atoms with Gasteiger partial charge in [-0.15, -0.1) is 0 Å². The Morgan fingerprint density at radius 1 is 0.458 bits per heavy atom. The molecule has 31 heteroatoms. The molecular weight excluding hydrogens is 1780 g/mol. The number of nitrogens with zero attached hydrogens (tertiary/aromatic N) is 11. The van der Waals surface area contributed by atoms with Gasteiger partial charge in [0.25, 0.3) is 0 Å². The van der Waals surface area contributed by atoms with Crippen LogP contribution in [0.1, 0.15) is 206 Å². The van der Waals surface area contributed by atoms with E-state index in [2.05, 4.69) is 65.2 Å². The van der Waals surface area contributed by atoms with Gasteiger partial charge in [0.05, 0.1) is 88.1 Å². The Morgan fingerprint density at radius 3 is 1.07 bits per heavy atom. The van der Waals surface area contributed by atoms with E-state index in [1.807, 2.05) is 12.1 Å². The summed E-state index contributed by atoms with van der Waals surface area (Å²) in [6, 6.07) is 27.6. The fourth-order valence-electron chi connectivity index (χ4n) is 14.2. The molecule has 3 atom stereocenters. The second kappa shape index (κ2) is 44.7. The van der Waals surface area contributed by atoms with Crippen LogP contribution in [0.3, 0.4) is 0 Å². The first kappa shape index (κ1) is 96.9. The minimum atomic E-state index is -4.65. The minimum absolute atomic E-state index is 0. The molecule has 12 rings (SSSR count). The number of ether oxygens (including phenoxy) is 5. The summed E-state index contributed by atoms with van der Waals surface area (Å²) in [5.41, 5.74) is 9.75. The molecular formula is C87H100BrF9N11O9W-. The van der Waals surface area contributed by atoms with Crippen LogP contribution in [-0.2, 0) is 162 Å². The van der Waals surface area contributed by atoms with Crippen LogP contribution in [0.4, 0.5) is 50.9 Å². The van der Waals surface area contributed by atoms with E-state index in [-0.39, 0.29) is 116 Å². The molecule has 0 fully saturated rings. The average Bonchev–Trinajstić information content (AvgIpc) is 0.878. The van der Waals surface area contributed by atoms with Crippen molar-refractivity contribution < 1.29 is 104 Å². The number of carbonyl (C=O) groups excluding carboxylic acids is 2. The number of aryl methyl sites for hydroxylation is 9. The predicted octanol–water partition coefficient (Wildman–Crippen LogP) is 19.9. The van der Waals surface area contributed by atoms with Gasteiger partial charge in [-0.3, -0.25) is 29.3 Å². The third-order valence-corrected chi connectivity index (χ3v) is 20.3. The largest absolute Gasteiger partial charge is 0.481 e. The summed E-state index contributed by atoms with van der Waals surface area (Å²) < 4.78 is 154. The van der Waals surface area contributed by atoms with E-state index in [9.17, 15) is 59.0 Å². The second-order valence-corrected chi connectivity index (χ2v) is 29.3. The number of carboxylic acids is 1. The van der Waals surface area contributed by atoms with E-state index >= 15 is 0 Å². The van der Waals surface area contributed by atoms with Crippen LogP contribution in [0.15, 0.2) is 114 Å². The first-order valence-electron chi connectivity index (χ1n) is 37.9. The number of aromatic nitrogens is 9. The Hall–Kier alpha value is -9.93. The maximum Gasteiger partial charge on any atom is 0.416 e. The van der Waals surface area contributed by atoms with E-state index in [1.54, 1.807) is 68.6 Å². The predicted molar refractivity (Wildman–Crippen MR) is 428 cm³/mol. The summed E-state index contributed by atoms with van der Waals surface area (Å²) in [7, 11) is 5.15. The standard InChI is InChI=1S/C29H31F3N4O3.C28H31BrF3N3O3.C27H27F3N4O3.2CH4.CH3.W/c1-4-38-28(37)16-21(20-13-22(29(30,31)32)17-24(14-20)33-2)15-25-18-27(36(3)35-25)39-12-11-23-10-9-19-7-5-6-8-26(19)34-23;1-3-37-27(36)15-20(19-12-21(28(30,31)32)16-22(29)13-19)14-24-17-26(35(2)34-24)38-11-10-23-9-8-18-6-4-5-7-25(18)33-23;1-31-22-12-18(11-20(15-22)27(28,29)30)19(14-26(35)36)13-23-16-25(34(2)33-23)37-10-9-21-8-7-17-5-3-4-6-24(17)32-21;;;;/h9-10,13-14,17-18,21H,4-8,11-12,15-16H2,1,3H3;8-9,12-13,16-17,20H,3-7,10-11,14-15H2,1-2H3;7-8,11-12,15-16,19H,3-6,9-10,13-14H2,2H3,(H,35,36);2*1H4;1H3;/q;;;;;-1;. The normalized spacial score (nSPS) is 13.5. The zero-order chi connectivity index (χ0) is 81.9. The molecule has 3 unspecified atom stereocenters. The van der Waals surface area contributed by atoms with Gasteiger partial charge in [-0.25, -0.2) is 23.7 Å². The van der Waals surface area contributed by atoms with E-state index < -0.39 is 77.3 Å². The molecule has 6 heterocycles. The fraction of sp³-hybridized carbons (Fsp3) is 0.448. The van der Waals surface area contributed by atoms with Crippen molar-refractivity contribution in [2.24, 2.45) is 21.1 Å². The van der Waals surface area contributed by atoms with Gasteiger partial charge in [-0.2, -0.15) is 54.8 Å². The maximum atomic E-state index is 13.5. The molecule has 9 aromatic rings. The Labute approximate surface area is 706 Å². The van der Waals surface area contributed by atoms with Gasteiger partial charge in [-0.1, -0.05) is 72.2 Å². The molecule has 1 N–H and O–H groups in total. The number of pyridine rings is 3. The topological polar surface area (TPSA) is 218 Å². The van der Waals surface area contributed by atoms with Crippen LogP contribution >= 0.6 is 15.9 Å². The Balaban J connectivity index is 0.000000270. The molecule has 0 saturated heterocycles. The van der Waals surface area contributed by atoms with Crippen molar-refractivity contribution in [3.63, 3.8) is 0 Å². The third-order valence-electron chi connectivity index (χ3n) is 19.9. The Kier molecular flexibility index (Phi) is 36.7. The zero-order valence-electron chi connectivity index (χ0n) is 65.3. The molecule has 0 amide bonds. The van der Waals surface area contributed by atoms with Crippen molar-refractivity contribution in [1.82, 2.24) is 44.3 Å².